The third kappa shape index (κ3) is 4.92. The first-order valence-corrected chi connectivity index (χ1v) is 10.9. The van der Waals surface area contributed by atoms with Crippen LogP contribution >= 0.6 is 34.8 Å². The first kappa shape index (κ1) is 23.8. The van der Waals surface area contributed by atoms with Crippen molar-refractivity contribution < 1.29 is 23.5 Å². The molecule has 172 valence electrons. The Morgan fingerprint density at radius 1 is 0.941 bits per heavy atom. The van der Waals surface area contributed by atoms with Gasteiger partial charge in [0.2, 0.25) is 0 Å². The van der Waals surface area contributed by atoms with Crippen molar-refractivity contribution in [2.75, 3.05) is 4.90 Å². The second kappa shape index (κ2) is 9.85. The molecule has 0 unspecified atom stereocenters. The maximum absolute atomic E-state index is 14.3. The first-order chi connectivity index (χ1) is 16.2. The number of carbonyl (C=O) groups is 3. The number of barbiturate groups is 1. The fraction of sp³-hybridized carbons (Fsp3) is 0.0417. The quantitative estimate of drug-likeness (QED) is 0.330. The van der Waals surface area contributed by atoms with E-state index in [9.17, 15) is 18.8 Å². The number of imide groups is 2. The Balaban J connectivity index is 1.69. The molecule has 1 heterocycles. The number of hydrogen-bond donors (Lipinski definition) is 1. The van der Waals surface area contributed by atoms with Crippen LogP contribution in [-0.2, 0) is 16.2 Å². The van der Waals surface area contributed by atoms with E-state index in [1.807, 2.05) is 5.32 Å². The number of anilines is 1. The molecule has 1 aliphatic heterocycles. The van der Waals surface area contributed by atoms with Crippen molar-refractivity contribution in [1.29, 1.82) is 0 Å². The predicted octanol–water partition coefficient (Wildman–Crippen LogP) is 6.03. The number of para-hydroxylation sites is 1. The van der Waals surface area contributed by atoms with Gasteiger partial charge in [-0.3, -0.25) is 14.9 Å². The van der Waals surface area contributed by atoms with E-state index in [0.717, 1.165) is 6.07 Å². The lowest BCUT2D eigenvalue weighted by atomic mass is 10.1. The molecular formula is C24H14Cl3FN2O4. The highest BCUT2D eigenvalue weighted by atomic mass is 35.5. The van der Waals surface area contributed by atoms with Gasteiger partial charge in [0, 0.05) is 26.2 Å². The number of rotatable bonds is 5. The zero-order chi connectivity index (χ0) is 24.4. The number of carbonyl (C=O) groups excluding carboxylic acids is 3. The van der Waals surface area contributed by atoms with Gasteiger partial charge >= 0.3 is 6.03 Å². The van der Waals surface area contributed by atoms with E-state index in [1.54, 1.807) is 30.3 Å². The standard InChI is InChI=1S/C24H14Cl3FN2O4/c25-15-7-8-21(34-12-13-5-6-16(26)11-18(13)27)14(9-15)10-17-22(31)29-24(33)30(23(17)32)20-4-2-1-3-19(20)28/h1-11H,12H2,(H,29,31,33)/b17-10-. The summed E-state index contributed by atoms with van der Waals surface area (Å²) in [6.07, 6.45) is 1.22. The predicted molar refractivity (Wildman–Crippen MR) is 128 cm³/mol. The van der Waals surface area contributed by atoms with E-state index in [4.69, 9.17) is 39.5 Å². The molecule has 0 aromatic heterocycles. The van der Waals surface area contributed by atoms with Gasteiger partial charge in [-0.05, 0) is 48.5 Å². The Labute approximate surface area is 208 Å². The van der Waals surface area contributed by atoms with Gasteiger partial charge in [-0.15, -0.1) is 0 Å². The van der Waals surface area contributed by atoms with Gasteiger partial charge in [0.25, 0.3) is 11.8 Å². The summed E-state index contributed by atoms with van der Waals surface area (Å²) in [4.78, 5) is 38.4. The summed E-state index contributed by atoms with van der Waals surface area (Å²) in [6.45, 7) is 0.0633. The molecule has 3 aromatic rings. The molecular weight excluding hydrogens is 506 g/mol. The van der Waals surface area contributed by atoms with Crippen LogP contribution in [0.2, 0.25) is 15.1 Å². The van der Waals surface area contributed by atoms with Crippen LogP contribution in [0.3, 0.4) is 0 Å². The van der Waals surface area contributed by atoms with Crippen LogP contribution in [0.4, 0.5) is 14.9 Å². The van der Waals surface area contributed by atoms with Crippen molar-refractivity contribution in [3.63, 3.8) is 0 Å². The van der Waals surface area contributed by atoms with E-state index < -0.39 is 29.2 Å². The minimum atomic E-state index is -1.06. The lowest BCUT2D eigenvalue weighted by molar-refractivity contribution is -0.122. The van der Waals surface area contributed by atoms with E-state index >= 15 is 0 Å². The van der Waals surface area contributed by atoms with Crippen LogP contribution in [0.15, 0.2) is 66.2 Å². The second-order valence-electron chi connectivity index (χ2n) is 7.12. The fourth-order valence-corrected chi connectivity index (χ4v) is 3.87. The van der Waals surface area contributed by atoms with E-state index in [0.29, 0.717) is 31.1 Å². The van der Waals surface area contributed by atoms with Gasteiger partial charge in [0.05, 0.1) is 5.69 Å². The lowest BCUT2D eigenvalue weighted by Crippen LogP contribution is -2.54. The van der Waals surface area contributed by atoms with Gasteiger partial charge in [-0.2, -0.15) is 0 Å². The Morgan fingerprint density at radius 2 is 1.65 bits per heavy atom. The van der Waals surface area contributed by atoms with Crippen LogP contribution in [0.25, 0.3) is 6.08 Å². The van der Waals surface area contributed by atoms with Gasteiger partial charge < -0.3 is 4.74 Å². The molecule has 1 saturated heterocycles. The Bertz CT molecular complexity index is 1360. The number of urea groups is 1. The van der Waals surface area contributed by atoms with Crippen molar-refractivity contribution in [1.82, 2.24) is 5.32 Å². The zero-order valence-corrected chi connectivity index (χ0v) is 19.4. The van der Waals surface area contributed by atoms with Crippen LogP contribution in [-0.4, -0.2) is 17.8 Å². The van der Waals surface area contributed by atoms with Crippen LogP contribution < -0.4 is 15.0 Å². The summed E-state index contributed by atoms with van der Waals surface area (Å²) in [5.41, 5.74) is 0.254. The Morgan fingerprint density at radius 3 is 2.38 bits per heavy atom. The van der Waals surface area contributed by atoms with Gasteiger partial charge in [-0.1, -0.05) is 53.0 Å². The maximum Gasteiger partial charge on any atom is 0.336 e. The molecule has 3 aromatic carbocycles. The van der Waals surface area contributed by atoms with Crippen LogP contribution in [0.5, 0.6) is 5.75 Å². The molecule has 1 N–H and O–H groups in total. The molecule has 0 radical (unpaired) electrons. The van der Waals surface area contributed by atoms with Crippen LogP contribution in [0.1, 0.15) is 11.1 Å². The van der Waals surface area contributed by atoms with Crippen molar-refractivity contribution >= 4 is 64.4 Å². The first-order valence-electron chi connectivity index (χ1n) is 9.77. The summed E-state index contributed by atoms with van der Waals surface area (Å²) in [7, 11) is 0. The van der Waals surface area contributed by atoms with E-state index in [-0.39, 0.29) is 18.0 Å². The highest BCUT2D eigenvalue weighted by molar-refractivity contribution is 6.39. The number of ether oxygens (including phenoxy) is 1. The maximum atomic E-state index is 14.3. The summed E-state index contributed by atoms with van der Waals surface area (Å²) in [6, 6.07) is 13.7. The molecule has 1 fully saturated rings. The molecule has 6 nitrogen and oxygen atoms in total. The monoisotopic (exact) mass is 518 g/mol. The molecule has 34 heavy (non-hydrogen) atoms. The molecule has 4 rings (SSSR count). The topological polar surface area (TPSA) is 75.7 Å². The van der Waals surface area contributed by atoms with Crippen molar-refractivity contribution in [3.05, 3.63) is 98.2 Å². The van der Waals surface area contributed by atoms with Crippen LogP contribution in [0, 0.1) is 5.82 Å². The highest BCUT2D eigenvalue weighted by Crippen LogP contribution is 2.30. The van der Waals surface area contributed by atoms with Gasteiger partial charge in [0.15, 0.2) is 0 Å². The third-order valence-electron chi connectivity index (χ3n) is 4.86. The Kier molecular flexibility index (Phi) is 6.88. The van der Waals surface area contributed by atoms with E-state index in [1.165, 1.54) is 30.3 Å². The molecule has 4 amide bonds. The number of nitrogens with one attached hydrogen (secondary N) is 1. The minimum absolute atomic E-state index is 0.0633. The van der Waals surface area contributed by atoms with Crippen molar-refractivity contribution in [2.45, 2.75) is 6.61 Å². The molecule has 0 spiro atoms. The average Bonchev–Trinajstić information content (AvgIpc) is 2.78. The van der Waals surface area contributed by atoms with Gasteiger partial charge in [0.1, 0.15) is 23.7 Å². The Hall–Kier alpha value is -3.39. The lowest BCUT2D eigenvalue weighted by Gasteiger charge is -2.26. The fourth-order valence-electron chi connectivity index (χ4n) is 3.22. The summed E-state index contributed by atoms with van der Waals surface area (Å²) in [5, 5.41) is 3.24. The molecule has 0 aliphatic carbocycles. The average molecular weight is 520 g/mol. The summed E-state index contributed by atoms with van der Waals surface area (Å²) >= 11 is 18.2. The summed E-state index contributed by atoms with van der Waals surface area (Å²) in [5.74, 6) is -2.44. The van der Waals surface area contributed by atoms with Crippen molar-refractivity contribution in [2.24, 2.45) is 0 Å². The van der Waals surface area contributed by atoms with E-state index in [2.05, 4.69) is 0 Å². The smallest absolute Gasteiger partial charge is 0.336 e. The normalized spacial score (nSPS) is 15.0. The second-order valence-corrected chi connectivity index (χ2v) is 8.40. The number of nitrogens with zero attached hydrogens (tertiary/aromatic N) is 1. The number of amides is 4. The van der Waals surface area contributed by atoms with Gasteiger partial charge in [-0.25, -0.2) is 14.1 Å². The molecule has 10 heteroatoms. The largest absolute Gasteiger partial charge is 0.488 e. The summed E-state index contributed by atoms with van der Waals surface area (Å²) < 4.78 is 20.1. The highest BCUT2D eigenvalue weighted by Gasteiger charge is 2.38. The minimum Gasteiger partial charge on any atom is -0.488 e. The zero-order valence-electron chi connectivity index (χ0n) is 17.2. The molecule has 0 atom stereocenters. The number of benzene rings is 3. The number of hydrogen-bond acceptors (Lipinski definition) is 4. The van der Waals surface area contributed by atoms with Crippen molar-refractivity contribution in [3.8, 4) is 5.75 Å². The third-order valence-corrected chi connectivity index (χ3v) is 5.69. The molecule has 0 saturated carbocycles. The number of halogens is 4. The SMILES string of the molecule is O=C1NC(=O)N(c2ccccc2F)C(=O)/C1=C\c1cc(Cl)ccc1OCc1ccc(Cl)cc1Cl. The molecule has 1 aliphatic rings. The molecule has 0 bridgehead atoms.